The Hall–Kier alpha value is -1.60. The van der Waals surface area contributed by atoms with Gasteiger partial charge in [-0.05, 0) is 41.5 Å². The molecule has 0 fully saturated rings. The number of rotatable bonds is 6. The Morgan fingerprint density at radius 2 is 2.20 bits per heavy atom. The summed E-state index contributed by atoms with van der Waals surface area (Å²) >= 11 is 1.40. The highest BCUT2D eigenvalue weighted by molar-refractivity contribution is 7.99. The van der Waals surface area contributed by atoms with Crippen LogP contribution in [0.15, 0.2) is 23.4 Å². The third-order valence-electron chi connectivity index (χ3n) is 2.76. The number of aliphatic hydroxyl groups is 1. The largest absolute Gasteiger partial charge is 0.491 e. The molecule has 0 aliphatic heterocycles. The highest BCUT2D eigenvalue weighted by Gasteiger charge is 2.10. The van der Waals surface area contributed by atoms with Crippen LogP contribution in [0.25, 0.3) is 0 Å². The quantitative estimate of drug-likeness (QED) is 0.811. The maximum absolute atomic E-state index is 9.94. The predicted molar refractivity (Wildman–Crippen MR) is 76.9 cm³/mol. The number of aryl methyl sites for hydroxylation is 3. The van der Waals surface area contributed by atoms with Crippen LogP contribution in [0.2, 0.25) is 0 Å². The fourth-order valence-corrected chi connectivity index (χ4v) is 2.37. The monoisotopic (exact) mass is 294 g/mol. The van der Waals surface area contributed by atoms with Gasteiger partial charge in [-0.3, -0.25) is 0 Å². The number of tetrazole rings is 1. The van der Waals surface area contributed by atoms with Crippen LogP contribution in [0.1, 0.15) is 11.1 Å². The molecule has 0 saturated carbocycles. The van der Waals surface area contributed by atoms with Gasteiger partial charge in [-0.1, -0.05) is 23.9 Å². The molecular weight excluding hydrogens is 276 g/mol. The van der Waals surface area contributed by atoms with Crippen LogP contribution in [-0.2, 0) is 7.05 Å². The van der Waals surface area contributed by atoms with Crippen LogP contribution < -0.4 is 4.74 Å². The van der Waals surface area contributed by atoms with Gasteiger partial charge in [-0.2, -0.15) is 0 Å². The van der Waals surface area contributed by atoms with Crippen molar-refractivity contribution < 1.29 is 9.84 Å². The molecule has 0 saturated heterocycles. The van der Waals surface area contributed by atoms with E-state index in [4.69, 9.17) is 4.74 Å². The van der Waals surface area contributed by atoms with Crippen molar-refractivity contribution in [1.29, 1.82) is 0 Å². The number of aliphatic hydroxyl groups excluding tert-OH is 1. The fraction of sp³-hybridized carbons (Fsp3) is 0.462. The first kappa shape index (κ1) is 14.8. The minimum atomic E-state index is -0.573. The minimum absolute atomic E-state index is 0.253. The Balaban J connectivity index is 1.81. The standard InChI is InChI=1S/C13H18N4O2S/c1-9-4-5-10(2)12(6-9)19-7-11(18)8-20-13-14-15-16-17(13)3/h4-6,11,18H,7-8H2,1-3H3. The molecule has 108 valence electrons. The van der Waals surface area contributed by atoms with E-state index in [1.54, 1.807) is 11.7 Å². The molecule has 1 aromatic heterocycles. The molecule has 0 amide bonds. The predicted octanol–water partition coefficient (Wildman–Crippen LogP) is 1.36. The number of hydrogen-bond donors (Lipinski definition) is 1. The van der Waals surface area contributed by atoms with E-state index < -0.39 is 6.10 Å². The highest BCUT2D eigenvalue weighted by Crippen LogP contribution is 2.20. The number of nitrogens with zero attached hydrogens (tertiary/aromatic N) is 4. The number of aromatic nitrogens is 4. The maximum atomic E-state index is 9.94. The fourth-order valence-electron chi connectivity index (χ4n) is 1.61. The molecule has 0 aliphatic rings. The van der Waals surface area contributed by atoms with Gasteiger partial charge in [-0.25, -0.2) is 4.68 Å². The Bertz CT molecular complexity index is 573. The molecule has 20 heavy (non-hydrogen) atoms. The van der Waals surface area contributed by atoms with Crippen LogP contribution in [-0.4, -0.2) is 43.8 Å². The molecule has 1 unspecified atom stereocenters. The van der Waals surface area contributed by atoms with Crippen molar-refractivity contribution in [1.82, 2.24) is 20.2 Å². The Morgan fingerprint density at radius 1 is 1.40 bits per heavy atom. The SMILES string of the molecule is Cc1ccc(C)c(OCC(O)CSc2nnnn2C)c1. The smallest absolute Gasteiger partial charge is 0.209 e. The topological polar surface area (TPSA) is 73.1 Å². The van der Waals surface area contributed by atoms with E-state index in [2.05, 4.69) is 15.5 Å². The lowest BCUT2D eigenvalue weighted by Crippen LogP contribution is -2.20. The van der Waals surface area contributed by atoms with Crippen molar-refractivity contribution in [2.45, 2.75) is 25.1 Å². The molecule has 1 aromatic carbocycles. The average Bonchev–Trinajstić information content (AvgIpc) is 2.83. The summed E-state index contributed by atoms with van der Waals surface area (Å²) in [5.74, 6) is 1.30. The molecule has 1 N–H and O–H groups in total. The highest BCUT2D eigenvalue weighted by atomic mass is 32.2. The molecular formula is C13H18N4O2S. The first-order valence-electron chi connectivity index (χ1n) is 6.29. The summed E-state index contributed by atoms with van der Waals surface area (Å²) in [5, 5.41) is 21.7. The van der Waals surface area contributed by atoms with Gasteiger partial charge in [0.1, 0.15) is 12.4 Å². The molecule has 0 spiro atoms. The summed E-state index contributed by atoms with van der Waals surface area (Å²) < 4.78 is 7.23. The van der Waals surface area contributed by atoms with Gasteiger partial charge in [0, 0.05) is 12.8 Å². The van der Waals surface area contributed by atoms with Crippen molar-refractivity contribution >= 4 is 11.8 Å². The third kappa shape index (κ3) is 3.94. The number of thioether (sulfide) groups is 1. The number of ether oxygens (including phenoxy) is 1. The van der Waals surface area contributed by atoms with Gasteiger partial charge in [0.15, 0.2) is 0 Å². The lowest BCUT2D eigenvalue weighted by Gasteiger charge is -2.13. The van der Waals surface area contributed by atoms with Gasteiger partial charge in [0.05, 0.1) is 6.10 Å². The van der Waals surface area contributed by atoms with Crippen molar-refractivity contribution in [2.75, 3.05) is 12.4 Å². The van der Waals surface area contributed by atoms with Gasteiger partial charge in [0.25, 0.3) is 0 Å². The molecule has 7 heteroatoms. The number of hydrogen-bond acceptors (Lipinski definition) is 6. The van der Waals surface area contributed by atoms with E-state index in [-0.39, 0.29) is 6.61 Å². The zero-order valence-electron chi connectivity index (χ0n) is 11.8. The summed E-state index contributed by atoms with van der Waals surface area (Å²) in [4.78, 5) is 0. The summed E-state index contributed by atoms with van der Waals surface area (Å²) in [7, 11) is 1.77. The molecule has 6 nitrogen and oxygen atoms in total. The van der Waals surface area contributed by atoms with E-state index >= 15 is 0 Å². The lowest BCUT2D eigenvalue weighted by atomic mass is 10.1. The molecule has 0 aliphatic carbocycles. The molecule has 2 rings (SSSR count). The first-order valence-corrected chi connectivity index (χ1v) is 7.28. The minimum Gasteiger partial charge on any atom is -0.491 e. The summed E-state index contributed by atoms with van der Waals surface area (Å²) in [5.41, 5.74) is 2.20. The summed E-state index contributed by atoms with van der Waals surface area (Å²) in [6, 6.07) is 6.02. The normalized spacial score (nSPS) is 12.4. The van der Waals surface area contributed by atoms with Crippen LogP contribution >= 0.6 is 11.8 Å². The first-order chi connectivity index (χ1) is 9.56. The Labute approximate surface area is 122 Å². The van der Waals surface area contributed by atoms with Gasteiger partial charge < -0.3 is 9.84 Å². The van der Waals surface area contributed by atoms with Crippen molar-refractivity contribution in [2.24, 2.45) is 7.05 Å². The van der Waals surface area contributed by atoms with Gasteiger partial charge in [-0.15, -0.1) is 5.10 Å². The second kappa shape index (κ2) is 6.71. The lowest BCUT2D eigenvalue weighted by molar-refractivity contribution is 0.126. The average molecular weight is 294 g/mol. The van der Waals surface area contributed by atoms with E-state index in [0.29, 0.717) is 10.9 Å². The van der Waals surface area contributed by atoms with E-state index in [9.17, 15) is 5.11 Å². The summed E-state index contributed by atoms with van der Waals surface area (Å²) in [6.07, 6.45) is -0.573. The molecule has 0 bridgehead atoms. The molecule has 2 aromatic rings. The Morgan fingerprint density at radius 3 is 2.90 bits per heavy atom. The van der Waals surface area contributed by atoms with Crippen LogP contribution in [0, 0.1) is 13.8 Å². The van der Waals surface area contributed by atoms with Crippen molar-refractivity contribution in [3.63, 3.8) is 0 Å². The second-order valence-corrected chi connectivity index (χ2v) is 5.62. The third-order valence-corrected chi connectivity index (χ3v) is 3.92. The zero-order chi connectivity index (χ0) is 14.5. The van der Waals surface area contributed by atoms with E-state index in [0.717, 1.165) is 16.9 Å². The van der Waals surface area contributed by atoms with E-state index in [1.807, 2.05) is 32.0 Å². The van der Waals surface area contributed by atoms with Crippen molar-refractivity contribution in [3.8, 4) is 5.75 Å². The van der Waals surface area contributed by atoms with E-state index in [1.165, 1.54) is 11.8 Å². The summed E-state index contributed by atoms with van der Waals surface area (Å²) in [6.45, 7) is 4.25. The van der Waals surface area contributed by atoms with Crippen LogP contribution in [0.3, 0.4) is 0 Å². The maximum Gasteiger partial charge on any atom is 0.209 e. The second-order valence-electron chi connectivity index (χ2n) is 4.63. The molecule has 0 radical (unpaired) electrons. The molecule has 1 atom stereocenters. The van der Waals surface area contributed by atoms with Gasteiger partial charge >= 0.3 is 0 Å². The van der Waals surface area contributed by atoms with Crippen molar-refractivity contribution in [3.05, 3.63) is 29.3 Å². The molecule has 1 heterocycles. The number of benzene rings is 1. The van der Waals surface area contributed by atoms with Crippen LogP contribution in [0.5, 0.6) is 5.75 Å². The zero-order valence-corrected chi connectivity index (χ0v) is 12.6. The van der Waals surface area contributed by atoms with Gasteiger partial charge in [0.2, 0.25) is 5.16 Å². The Kier molecular flexibility index (Phi) is 4.97. The van der Waals surface area contributed by atoms with Crippen LogP contribution in [0.4, 0.5) is 0 Å².